The summed E-state index contributed by atoms with van der Waals surface area (Å²) in [5.74, 6) is 0.0702. The molecule has 2 atom stereocenters. The minimum atomic E-state index is -0.248. The van der Waals surface area contributed by atoms with Crippen LogP contribution in [0, 0.1) is 11.3 Å². The molecule has 0 spiro atoms. The van der Waals surface area contributed by atoms with E-state index in [4.69, 9.17) is 11.6 Å². The van der Waals surface area contributed by atoms with Crippen LogP contribution in [0.15, 0.2) is 30.5 Å². The van der Waals surface area contributed by atoms with E-state index in [2.05, 4.69) is 21.3 Å². The minimum Gasteiger partial charge on any atom is -0.380 e. The van der Waals surface area contributed by atoms with Crippen LogP contribution in [0.25, 0.3) is 10.9 Å². The SMILES string of the molecule is N#CC1CCCN1C(=O)CN1CC[C@@H](Nc2cccc3ncc(Cl)cc23)C1. The quantitative estimate of drug-likeness (QED) is 0.878. The number of halogens is 1. The lowest BCUT2D eigenvalue weighted by atomic mass is 10.1. The van der Waals surface area contributed by atoms with Gasteiger partial charge in [-0.3, -0.25) is 14.7 Å². The molecule has 27 heavy (non-hydrogen) atoms. The van der Waals surface area contributed by atoms with Crippen LogP contribution >= 0.6 is 11.6 Å². The number of hydrogen-bond donors (Lipinski definition) is 1. The van der Waals surface area contributed by atoms with E-state index in [9.17, 15) is 10.1 Å². The number of benzene rings is 1. The molecular formula is C20H22ClN5O. The van der Waals surface area contributed by atoms with Gasteiger partial charge in [0.15, 0.2) is 0 Å². The number of pyridine rings is 1. The molecule has 6 nitrogen and oxygen atoms in total. The molecule has 0 saturated carbocycles. The molecule has 0 aliphatic carbocycles. The molecule has 3 heterocycles. The summed E-state index contributed by atoms with van der Waals surface area (Å²) in [5, 5.41) is 14.4. The van der Waals surface area contributed by atoms with Crippen LogP contribution in [0.2, 0.25) is 5.02 Å². The highest BCUT2D eigenvalue weighted by atomic mass is 35.5. The number of likely N-dealkylation sites (tertiary alicyclic amines) is 2. The summed E-state index contributed by atoms with van der Waals surface area (Å²) in [6.45, 7) is 2.77. The smallest absolute Gasteiger partial charge is 0.237 e. The van der Waals surface area contributed by atoms with Crippen molar-refractivity contribution in [3.8, 4) is 6.07 Å². The number of rotatable bonds is 4. The molecule has 0 radical (unpaired) electrons. The fourth-order valence-electron chi connectivity index (χ4n) is 4.05. The number of nitrogens with one attached hydrogen (secondary N) is 1. The molecule has 4 rings (SSSR count). The number of fused-ring (bicyclic) bond motifs is 1. The number of carbonyl (C=O) groups excluding carboxylic acids is 1. The average Bonchev–Trinajstić information content (AvgIpc) is 3.31. The average molecular weight is 384 g/mol. The van der Waals surface area contributed by atoms with Gasteiger partial charge in [0.2, 0.25) is 5.91 Å². The molecule has 2 fully saturated rings. The lowest BCUT2D eigenvalue weighted by molar-refractivity contribution is -0.132. The first-order valence-electron chi connectivity index (χ1n) is 9.36. The molecule has 1 aromatic carbocycles. The highest BCUT2D eigenvalue weighted by Crippen LogP contribution is 2.27. The molecule has 7 heteroatoms. The Morgan fingerprint density at radius 2 is 2.26 bits per heavy atom. The Kier molecular flexibility index (Phi) is 5.15. The zero-order valence-electron chi connectivity index (χ0n) is 15.1. The fourth-order valence-corrected chi connectivity index (χ4v) is 4.20. The van der Waals surface area contributed by atoms with Gasteiger partial charge in [0.05, 0.1) is 23.2 Å². The largest absolute Gasteiger partial charge is 0.380 e. The second-order valence-corrected chi connectivity index (χ2v) is 7.70. The van der Waals surface area contributed by atoms with Crippen LogP contribution in [-0.2, 0) is 4.79 Å². The van der Waals surface area contributed by atoms with Crippen LogP contribution in [0.4, 0.5) is 5.69 Å². The lowest BCUT2D eigenvalue weighted by Gasteiger charge is -2.23. The standard InChI is InChI=1S/C20H22ClN5O/c21-14-9-17-18(23-11-14)4-1-5-19(17)24-15-6-8-25(12-15)13-20(27)26-7-2-3-16(26)10-22/h1,4-5,9,11,15-16,24H,2-3,6-8,12-13H2/t15-,16?/m1/s1. The number of nitrogens with zero attached hydrogens (tertiary/aromatic N) is 4. The van der Waals surface area contributed by atoms with Crippen molar-refractivity contribution in [2.45, 2.75) is 31.3 Å². The summed E-state index contributed by atoms with van der Waals surface area (Å²) in [5.41, 5.74) is 1.93. The predicted octanol–water partition coefficient (Wildman–Crippen LogP) is 2.89. The molecule has 2 aliphatic heterocycles. The number of anilines is 1. The van der Waals surface area contributed by atoms with Gasteiger partial charge in [-0.2, -0.15) is 5.26 Å². The molecule has 1 amide bonds. The minimum absolute atomic E-state index is 0.0702. The van der Waals surface area contributed by atoms with Crippen molar-refractivity contribution in [3.05, 3.63) is 35.5 Å². The summed E-state index contributed by atoms with van der Waals surface area (Å²) in [7, 11) is 0. The van der Waals surface area contributed by atoms with Crippen molar-refractivity contribution in [2.24, 2.45) is 0 Å². The summed E-state index contributed by atoms with van der Waals surface area (Å²) >= 11 is 6.11. The zero-order chi connectivity index (χ0) is 18.8. The maximum atomic E-state index is 12.5. The van der Waals surface area contributed by atoms with E-state index < -0.39 is 0 Å². The van der Waals surface area contributed by atoms with Crippen molar-refractivity contribution < 1.29 is 4.79 Å². The van der Waals surface area contributed by atoms with Gasteiger partial charge in [-0.1, -0.05) is 17.7 Å². The third kappa shape index (κ3) is 3.85. The first kappa shape index (κ1) is 18.0. The van der Waals surface area contributed by atoms with Crippen LogP contribution in [0.3, 0.4) is 0 Å². The van der Waals surface area contributed by atoms with Crippen molar-refractivity contribution in [3.63, 3.8) is 0 Å². The van der Waals surface area contributed by atoms with Gasteiger partial charge in [0.25, 0.3) is 0 Å². The third-order valence-corrected chi connectivity index (χ3v) is 5.61. The van der Waals surface area contributed by atoms with Crippen LogP contribution < -0.4 is 5.32 Å². The Morgan fingerprint density at radius 3 is 3.11 bits per heavy atom. The fraction of sp³-hybridized carbons (Fsp3) is 0.450. The van der Waals surface area contributed by atoms with Gasteiger partial charge in [-0.05, 0) is 37.5 Å². The highest BCUT2D eigenvalue weighted by Gasteiger charge is 2.31. The first-order chi connectivity index (χ1) is 13.1. The second-order valence-electron chi connectivity index (χ2n) is 7.27. The number of carbonyl (C=O) groups is 1. The van der Waals surface area contributed by atoms with Crippen LogP contribution in [0.1, 0.15) is 19.3 Å². The molecule has 2 aromatic rings. The maximum absolute atomic E-state index is 12.5. The summed E-state index contributed by atoms with van der Waals surface area (Å²) < 4.78 is 0. The third-order valence-electron chi connectivity index (χ3n) is 5.41. The predicted molar refractivity (Wildman–Crippen MR) is 106 cm³/mol. The Balaban J connectivity index is 1.38. The van der Waals surface area contributed by atoms with Crippen molar-refractivity contribution in [2.75, 3.05) is 31.5 Å². The molecule has 1 unspecified atom stereocenters. The normalized spacial score (nSPS) is 22.9. The van der Waals surface area contributed by atoms with Crippen molar-refractivity contribution in [1.29, 1.82) is 5.26 Å². The van der Waals surface area contributed by atoms with Crippen molar-refractivity contribution in [1.82, 2.24) is 14.8 Å². The van der Waals surface area contributed by atoms with Gasteiger partial charge >= 0.3 is 0 Å². The van der Waals surface area contributed by atoms with Gasteiger partial charge in [-0.15, -0.1) is 0 Å². The number of hydrogen-bond acceptors (Lipinski definition) is 5. The Bertz CT molecular complexity index is 896. The summed E-state index contributed by atoms with van der Waals surface area (Å²) in [6.07, 6.45) is 4.35. The summed E-state index contributed by atoms with van der Waals surface area (Å²) in [4.78, 5) is 20.8. The van der Waals surface area contributed by atoms with E-state index in [-0.39, 0.29) is 18.0 Å². The van der Waals surface area contributed by atoms with Crippen LogP contribution in [-0.4, -0.2) is 59.0 Å². The maximum Gasteiger partial charge on any atom is 0.237 e. The Hall–Kier alpha value is -2.36. The van der Waals surface area contributed by atoms with Gasteiger partial charge in [0, 0.05) is 42.9 Å². The first-order valence-corrected chi connectivity index (χ1v) is 9.74. The van der Waals surface area contributed by atoms with Gasteiger partial charge in [-0.25, -0.2) is 0 Å². The Labute approximate surface area is 163 Å². The van der Waals surface area contributed by atoms with Crippen molar-refractivity contribution >= 4 is 34.1 Å². The van der Waals surface area contributed by atoms with Gasteiger partial charge < -0.3 is 10.2 Å². The molecule has 140 valence electrons. The van der Waals surface area contributed by atoms with Gasteiger partial charge in [0.1, 0.15) is 6.04 Å². The van der Waals surface area contributed by atoms with Crippen LogP contribution in [0.5, 0.6) is 0 Å². The van der Waals surface area contributed by atoms with E-state index in [0.717, 1.165) is 48.9 Å². The lowest BCUT2D eigenvalue weighted by Crippen LogP contribution is -2.42. The second kappa shape index (κ2) is 7.71. The molecule has 2 aliphatic rings. The monoisotopic (exact) mass is 383 g/mol. The van der Waals surface area contributed by atoms with E-state index in [1.54, 1.807) is 11.1 Å². The van der Waals surface area contributed by atoms with E-state index >= 15 is 0 Å². The van der Waals surface area contributed by atoms with E-state index in [1.807, 2.05) is 24.3 Å². The molecule has 1 N–H and O–H groups in total. The molecule has 0 bridgehead atoms. The topological polar surface area (TPSA) is 72.3 Å². The van der Waals surface area contributed by atoms with E-state index in [0.29, 0.717) is 18.1 Å². The molecule has 1 aromatic heterocycles. The number of amides is 1. The molecule has 2 saturated heterocycles. The Morgan fingerprint density at radius 1 is 1.37 bits per heavy atom. The summed E-state index contributed by atoms with van der Waals surface area (Å²) in [6, 6.07) is 10.2. The highest BCUT2D eigenvalue weighted by molar-refractivity contribution is 6.31. The number of nitriles is 1. The molecular weight excluding hydrogens is 362 g/mol. The van der Waals surface area contributed by atoms with E-state index in [1.165, 1.54) is 0 Å². The number of aromatic nitrogens is 1. The zero-order valence-corrected chi connectivity index (χ0v) is 15.8.